The molecule has 0 aliphatic carbocycles. The van der Waals surface area contributed by atoms with E-state index < -0.39 is 0 Å². The second-order valence-electron chi connectivity index (χ2n) is 7.03. The summed E-state index contributed by atoms with van der Waals surface area (Å²) in [6, 6.07) is 11.1. The van der Waals surface area contributed by atoms with Gasteiger partial charge in [-0.1, -0.05) is 6.07 Å². The summed E-state index contributed by atoms with van der Waals surface area (Å²) in [6.07, 6.45) is 2.25. The van der Waals surface area contributed by atoms with Crippen LogP contribution in [-0.2, 0) is 0 Å². The largest absolute Gasteiger partial charge is 0.492 e. The Morgan fingerprint density at radius 1 is 1.22 bits per heavy atom. The number of ether oxygens (including phenoxy) is 1. The fourth-order valence-corrected chi connectivity index (χ4v) is 4.22. The summed E-state index contributed by atoms with van der Waals surface area (Å²) in [5.74, 6) is 1.78. The van der Waals surface area contributed by atoms with Crippen molar-refractivity contribution in [2.45, 2.75) is 32.7 Å². The van der Waals surface area contributed by atoms with E-state index in [0.717, 1.165) is 44.2 Å². The number of thiophene rings is 1. The maximum Gasteiger partial charge on any atom is 0.191 e. The number of nitrogens with zero attached hydrogens (tertiary/aromatic N) is 2. The molecule has 2 aromatic rings. The highest BCUT2D eigenvalue weighted by atomic mass is 32.1. The molecule has 3 rings (SSSR count). The Balaban J connectivity index is 1.37. The summed E-state index contributed by atoms with van der Waals surface area (Å²) >= 11 is 1.82. The minimum Gasteiger partial charge on any atom is -0.492 e. The molecule has 0 radical (unpaired) electrons. The zero-order valence-corrected chi connectivity index (χ0v) is 17.3. The number of aliphatic imine (C=N–C) groups is 1. The molecule has 146 valence electrons. The molecule has 1 aliphatic heterocycles. The van der Waals surface area contributed by atoms with Crippen LogP contribution in [0.1, 0.15) is 24.0 Å². The number of nitrogens with one attached hydrogen (secondary N) is 2. The number of benzene rings is 1. The summed E-state index contributed by atoms with van der Waals surface area (Å²) in [6.45, 7) is 7.69. The van der Waals surface area contributed by atoms with Gasteiger partial charge in [0.15, 0.2) is 5.96 Å². The first kappa shape index (κ1) is 19.5. The van der Waals surface area contributed by atoms with Crippen molar-refractivity contribution in [2.24, 2.45) is 4.99 Å². The van der Waals surface area contributed by atoms with Gasteiger partial charge in [0.25, 0.3) is 0 Å². The zero-order valence-electron chi connectivity index (χ0n) is 16.5. The van der Waals surface area contributed by atoms with Crippen molar-refractivity contribution in [1.82, 2.24) is 10.6 Å². The Labute approximate surface area is 166 Å². The van der Waals surface area contributed by atoms with Gasteiger partial charge in [-0.05, 0) is 67.5 Å². The molecule has 1 aromatic heterocycles. The van der Waals surface area contributed by atoms with Crippen molar-refractivity contribution in [3.05, 3.63) is 46.8 Å². The topological polar surface area (TPSA) is 48.9 Å². The molecule has 0 saturated carbocycles. The molecule has 1 saturated heterocycles. The van der Waals surface area contributed by atoms with Gasteiger partial charge in [-0.2, -0.15) is 0 Å². The lowest BCUT2D eigenvalue weighted by Gasteiger charge is -2.33. The van der Waals surface area contributed by atoms with Crippen LogP contribution in [-0.4, -0.2) is 45.3 Å². The third kappa shape index (κ3) is 5.89. The quantitative estimate of drug-likeness (QED) is 0.453. The summed E-state index contributed by atoms with van der Waals surface area (Å²) < 4.78 is 5.86. The van der Waals surface area contributed by atoms with Crippen LogP contribution in [0.3, 0.4) is 0 Å². The van der Waals surface area contributed by atoms with E-state index in [1.165, 1.54) is 16.1 Å². The van der Waals surface area contributed by atoms with Gasteiger partial charge in [-0.25, -0.2) is 0 Å². The van der Waals surface area contributed by atoms with E-state index in [1.807, 2.05) is 18.4 Å². The Morgan fingerprint density at radius 3 is 2.59 bits per heavy atom. The van der Waals surface area contributed by atoms with Crippen LogP contribution in [0.5, 0.6) is 5.75 Å². The Hall–Kier alpha value is -2.21. The number of hydrogen-bond donors (Lipinski definition) is 2. The molecule has 27 heavy (non-hydrogen) atoms. The van der Waals surface area contributed by atoms with E-state index in [0.29, 0.717) is 12.6 Å². The lowest BCUT2D eigenvalue weighted by molar-refractivity contribution is 0.321. The monoisotopic (exact) mass is 386 g/mol. The van der Waals surface area contributed by atoms with E-state index in [1.54, 1.807) is 0 Å². The number of piperidine rings is 1. The number of anilines is 1. The van der Waals surface area contributed by atoms with Crippen molar-refractivity contribution in [3.63, 3.8) is 0 Å². The minimum absolute atomic E-state index is 0.466. The molecule has 6 heteroatoms. The van der Waals surface area contributed by atoms with E-state index in [9.17, 15) is 0 Å². The molecule has 2 heterocycles. The fraction of sp³-hybridized carbons (Fsp3) is 0.476. The van der Waals surface area contributed by atoms with Gasteiger partial charge in [0, 0.05) is 26.2 Å². The molecule has 0 bridgehead atoms. The van der Waals surface area contributed by atoms with Gasteiger partial charge in [0.1, 0.15) is 12.4 Å². The van der Waals surface area contributed by atoms with Crippen LogP contribution in [0.4, 0.5) is 5.00 Å². The molecule has 1 aromatic carbocycles. The molecule has 2 N–H and O–H groups in total. The number of rotatable bonds is 6. The van der Waals surface area contributed by atoms with Crippen molar-refractivity contribution >= 4 is 22.3 Å². The maximum atomic E-state index is 5.86. The molecule has 0 unspecified atom stereocenters. The highest BCUT2D eigenvalue weighted by molar-refractivity contribution is 7.14. The molecular formula is C21H30N4OS. The molecule has 0 amide bonds. The van der Waals surface area contributed by atoms with Crippen molar-refractivity contribution < 1.29 is 4.74 Å². The van der Waals surface area contributed by atoms with Gasteiger partial charge in [-0.3, -0.25) is 4.99 Å². The van der Waals surface area contributed by atoms with E-state index in [4.69, 9.17) is 4.74 Å². The second kappa shape index (κ2) is 9.65. The van der Waals surface area contributed by atoms with Crippen LogP contribution in [0.2, 0.25) is 0 Å². The summed E-state index contributed by atoms with van der Waals surface area (Å²) in [5.41, 5.74) is 2.45. The normalized spacial score (nSPS) is 15.7. The van der Waals surface area contributed by atoms with Gasteiger partial charge in [0.2, 0.25) is 0 Å². The second-order valence-corrected chi connectivity index (χ2v) is 7.95. The van der Waals surface area contributed by atoms with Crippen molar-refractivity contribution in [2.75, 3.05) is 38.2 Å². The van der Waals surface area contributed by atoms with Gasteiger partial charge < -0.3 is 20.3 Å². The highest BCUT2D eigenvalue weighted by Gasteiger charge is 2.20. The lowest BCUT2D eigenvalue weighted by Crippen LogP contribution is -2.49. The molecular weight excluding hydrogens is 356 g/mol. The third-order valence-electron chi connectivity index (χ3n) is 4.74. The van der Waals surface area contributed by atoms with E-state index >= 15 is 0 Å². The summed E-state index contributed by atoms with van der Waals surface area (Å²) in [7, 11) is 1.82. The predicted octanol–water partition coefficient (Wildman–Crippen LogP) is 3.58. The van der Waals surface area contributed by atoms with Crippen LogP contribution in [0.15, 0.2) is 40.7 Å². The molecule has 1 fully saturated rings. The Morgan fingerprint density at radius 2 is 1.96 bits per heavy atom. The van der Waals surface area contributed by atoms with Crippen LogP contribution in [0.25, 0.3) is 0 Å². The lowest BCUT2D eigenvalue weighted by atomic mass is 10.1. The van der Waals surface area contributed by atoms with Crippen molar-refractivity contribution in [3.8, 4) is 5.75 Å². The summed E-state index contributed by atoms with van der Waals surface area (Å²) in [4.78, 5) is 6.82. The smallest absolute Gasteiger partial charge is 0.191 e. The molecule has 5 nitrogen and oxygen atoms in total. The number of hydrogen-bond acceptors (Lipinski definition) is 4. The average Bonchev–Trinajstić information content (AvgIpc) is 3.18. The van der Waals surface area contributed by atoms with E-state index in [2.05, 4.69) is 70.1 Å². The van der Waals surface area contributed by atoms with Crippen molar-refractivity contribution in [1.29, 1.82) is 0 Å². The SMILES string of the molecule is CN=C(NCCOc1cc(C)cc(C)c1)NC1CCN(c2cccs2)CC1. The number of guanidine groups is 1. The first-order valence-electron chi connectivity index (χ1n) is 9.61. The average molecular weight is 387 g/mol. The molecule has 0 spiro atoms. The van der Waals surface area contributed by atoms with Gasteiger partial charge in [-0.15, -0.1) is 11.3 Å². The third-order valence-corrected chi connectivity index (χ3v) is 5.66. The number of aryl methyl sites for hydroxylation is 2. The van der Waals surface area contributed by atoms with Crippen LogP contribution < -0.4 is 20.3 Å². The highest BCUT2D eigenvalue weighted by Crippen LogP contribution is 2.24. The Bertz CT molecular complexity index is 716. The molecule has 0 atom stereocenters. The minimum atomic E-state index is 0.466. The first-order chi connectivity index (χ1) is 13.1. The van der Waals surface area contributed by atoms with Crippen LogP contribution in [0, 0.1) is 13.8 Å². The van der Waals surface area contributed by atoms with E-state index in [-0.39, 0.29) is 0 Å². The Kier molecular flexibility index (Phi) is 6.98. The zero-order chi connectivity index (χ0) is 19.1. The maximum absolute atomic E-state index is 5.86. The molecule has 1 aliphatic rings. The summed E-state index contributed by atoms with van der Waals surface area (Å²) in [5, 5.41) is 10.4. The van der Waals surface area contributed by atoms with Gasteiger partial charge >= 0.3 is 0 Å². The predicted molar refractivity (Wildman–Crippen MR) is 115 cm³/mol. The standard InChI is InChI=1S/C21H30N4OS/c1-16-13-17(2)15-19(14-16)26-11-8-23-21(22-3)24-18-6-9-25(10-7-18)20-5-4-12-27-20/h4-5,12-15,18H,6-11H2,1-3H3,(H2,22,23,24). The van der Waals surface area contributed by atoms with Crippen LogP contribution >= 0.6 is 11.3 Å². The van der Waals surface area contributed by atoms with Gasteiger partial charge in [0.05, 0.1) is 11.5 Å². The fourth-order valence-electron chi connectivity index (χ4n) is 3.44. The first-order valence-corrected chi connectivity index (χ1v) is 10.5.